The summed E-state index contributed by atoms with van der Waals surface area (Å²) in [6.45, 7) is 5.28. The van der Waals surface area contributed by atoms with Crippen LogP contribution in [-0.2, 0) is 6.54 Å². The van der Waals surface area contributed by atoms with E-state index in [1.807, 2.05) is 13.0 Å². The van der Waals surface area contributed by atoms with Gasteiger partial charge in [0.25, 0.3) is 0 Å². The topological polar surface area (TPSA) is 21.1 Å². The van der Waals surface area contributed by atoms with Gasteiger partial charge >= 0.3 is 0 Å². The number of aromatic nitrogens is 2. The Balaban J connectivity index is 1.53. The number of imidazole rings is 1. The Kier molecular flexibility index (Phi) is 4.78. The summed E-state index contributed by atoms with van der Waals surface area (Å²) in [7, 11) is 0. The molecule has 1 aliphatic heterocycles. The van der Waals surface area contributed by atoms with E-state index in [4.69, 9.17) is 16.6 Å². The maximum atomic E-state index is 6.44. The highest BCUT2D eigenvalue weighted by atomic mass is 35.5. The third-order valence-corrected chi connectivity index (χ3v) is 5.35. The number of piperidine rings is 1. The Hall–Kier alpha value is -1.84. The predicted octanol–water partition coefficient (Wildman–Crippen LogP) is 5.17. The van der Waals surface area contributed by atoms with E-state index in [0.717, 1.165) is 43.8 Å². The van der Waals surface area contributed by atoms with Crippen LogP contribution in [0.25, 0.3) is 11.0 Å². The second kappa shape index (κ2) is 7.19. The third kappa shape index (κ3) is 3.44. The van der Waals surface area contributed by atoms with Crippen LogP contribution < -0.4 is 0 Å². The van der Waals surface area contributed by atoms with Gasteiger partial charge in [-0.2, -0.15) is 0 Å². The average Bonchev–Trinajstić information content (AvgIpc) is 3.03. The second-order valence-electron chi connectivity index (χ2n) is 6.94. The van der Waals surface area contributed by atoms with Crippen molar-refractivity contribution in [1.29, 1.82) is 0 Å². The van der Waals surface area contributed by atoms with Crippen molar-refractivity contribution in [3.8, 4) is 0 Å². The van der Waals surface area contributed by atoms with E-state index in [-0.39, 0.29) is 5.38 Å². The number of nitrogens with zero attached hydrogens (tertiary/aromatic N) is 3. The van der Waals surface area contributed by atoms with Gasteiger partial charge in [-0.15, -0.1) is 11.6 Å². The Morgan fingerprint density at radius 1 is 1.04 bits per heavy atom. The first-order valence-corrected chi connectivity index (χ1v) is 9.53. The van der Waals surface area contributed by atoms with Crippen LogP contribution in [0.3, 0.4) is 0 Å². The van der Waals surface area contributed by atoms with Crippen molar-refractivity contribution in [1.82, 2.24) is 14.5 Å². The van der Waals surface area contributed by atoms with Gasteiger partial charge in [-0.05, 0) is 37.5 Å². The van der Waals surface area contributed by atoms with E-state index >= 15 is 0 Å². The van der Waals surface area contributed by atoms with Gasteiger partial charge in [-0.25, -0.2) is 4.98 Å². The summed E-state index contributed by atoms with van der Waals surface area (Å²) in [5.74, 6) is 1.00. The smallest absolute Gasteiger partial charge is 0.127 e. The average molecular weight is 354 g/mol. The van der Waals surface area contributed by atoms with Gasteiger partial charge < -0.3 is 4.57 Å². The standard InChI is InChI=1S/C21H24ClN3/c1-16(22)21-23-19-9-5-6-10-20(19)25(21)18-11-13-24(14-12-18)15-17-7-3-2-4-8-17/h2-10,16,18H,11-15H2,1H3. The molecule has 1 unspecified atom stereocenters. The molecule has 0 spiro atoms. The molecular formula is C21H24ClN3. The van der Waals surface area contributed by atoms with E-state index in [2.05, 4.69) is 58.0 Å². The molecule has 1 fully saturated rings. The molecule has 3 aromatic rings. The number of likely N-dealkylation sites (tertiary alicyclic amines) is 1. The monoisotopic (exact) mass is 353 g/mol. The van der Waals surface area contributed by atoms with Crippen molar-refractivity contribution in [3.63, 3.8) is 0 Å². The number of alkyl halides is 1. The number of rotatable bonds is 4. The summed E-state index contributed by atoms with van der Waals surface area (Å²) < 4.78 is 2.40. The van der Waals surface area contributed by atoms with Gasteiger partial charge in [-0.3, -0.25) is 4.90 Å². The fourth-order valence-corrected chi connectivity index (χ4v) is 4.06. The zero-order valence-corrected chi connectivity index (χ0v) is 15.4. The van der Waals surface area contributed by atoms with Crippen LogP contribution in [0.2, 0.25) is 0 Å². The van der Waals surface area contributed by atoms with Crippen molar-refractivity contribution in [2.75, 3.05) is 13.1 Å². The quantitative estimate of drug-likeness (QED) is 0.603. The van der Waals surface area contributed by atoms with E-state index in [0.29, 0.717) is 6.04 Å². The highest BCUT2D eigenvalue weighted by Gasteiger charge is 2.25. The van der Waals surface area contributed by atoms with Crippen molar-refractivity contribution >= 4 is 22.6 Å². The SMILES string of the molecule is CC(Cl)c1nc2ccccc2n1C1CCN(Cc2ccccc2)CC1. The van der Waals surface area contributed by atoms with Crippen molar-refractivity contribution < 1.29 is 0 Å². The molecule has 2 heterocycles. The first-order valence-electron chi connectivity index (χ1n) is 9.09. The Bertz CT molecular complexity index is 833. The minimum atomic E-state index is -0.0743. The number of fused-ring (bicyclic) bond motifs is 1. The molecule has 4 heteroatoms. The molecule has 1 aromatic heterocycles. The molecule has 1 atom stereocenters. The predicted molar refractivity (Wildman–Crippen MR) is 104 cm³/mol. The van der Waals surface area contributed by atoms with Crippen molar-refractivity contribution in [2.24, 2.45) is 0 Å². The molecule has 1 saturated heterocycles. The molecule has 0 amide bonds. The van der Waals surface area contributed by atoms with E-state index in [1.165, 1.54) is 11.1 Å². The Morgan fingerprint density at radius 2 is 1.72 bits per heavy atom. The lowest BCUT2D eigenvalue weighted by Crippen LogP contribution is -2.34. The van der Waals surface area contributed by atoms with Crippen LogP contribution in [0.4, 0.5) is 0 Å². The number of halogens is 1. The molecule has 130 valence electrons. The van der Waals surface area contributed by atoms with Gasteiger partial charge in [0, 0.05) is 25.7 Å². The molecule has 0 saturated carbocycles. The minimum Gasteiger partial charge on any atom is -0.324 e. The highest BCUT2D eigenvalue weighted by molar-refractivity contribution is 6.20. The van der Waals surface area contributed by atoms with Crippen LogP contribution in [0.5, 0.6) is 0 Å². The van der Waals surface area contributed by atoms with Crippen LogP contribution in [0.1, 0.15) is 42.6 Å². The van der Waals surface area contributed by atoms with Gasteiger partial charge in [0.05, 0.1) is 16.4 Å². The van der Waals surface area contributed by atoms with Crippen LogP contribution in [-0.4, -0.2) is 27.5 Å². The number of para-hydroxylation sites is 2. The lowest BCUT2D eigenvalue weighted by Gasteiger charge is -2.34. The molecule has 25 heavy (non-hydrogen) atoms. The maximum Gasteiger partial charge on any atom is 0.127 e. The first kappa shape index (κ1) is 16.6. The fraction of sp³-hybridized carbons (Fsp3) is 0.381. The van der Waals surface area contributed by atoms with Gasteiger partial charge in [0.2, 0.25) is 0 Å². The van der Waals surface area contributed by atoms with Crippen LogP contribution in [0.15, 0.2) is 54.6 Å². The van der Waals surface area contributed by atoms with Gasteiger partial charge in [-0.1, -0.05) is 42.5 Å². The first-order chi connectivity index (χ1) is 12.2. The molecule has 3 nitrogen and oxygen atoms in total. The number of benzene rings is 2. The number of hydrogen-bond acceptors (Lipinski definition) is 2. The molecule has 4 rings (SSSR count). The zero-order chi connectivity index (χ0) is 17.2. The number of hydrogen-bond donors (Lipinski definition) is 0. The molecule has 0 radical (unpaired) electrons. The van der Waals surface area contributed by atoms with Crippen molar-refractivity contribution in [2.45, 2.75) is 37.7 Å². The summed E-state index contributed by atoms with van der Waals surface area (Å²) in [4.78, 5) is 7.34. The van der Waals surface area contributed by atoms with E-state index in [9.17, 15) is 0 Å². The lowest BCUT2D eigenvalue weighted by atomic mass is 10.0. The largest absolute Gasteiger partial charge is 0.324 e. The molecule has 0 aliphatic carbocycles. The summed E-state index contributed by atoms with van der Waals surface area (Å²) >= 11 is 6.44. The maximum absolute atomic E-state index is 6.44. The van der Waals surface area contributed by atoms with Crippen molar-refractivity contribution in [3.05, 3.63) is 66.0 Å². The normalized spacial score (nSPS) is 17.8. The summed E-state index contributed by atoms with van der Waals surface area (Å²) in [6, 6.07) is 19.6. The Morgan fingerprint density at radius 3 is 2.44 bits per heavy atom. The highest BCUT2D eigenvalue weighted by Crippen LogP contribution is 2.33. The molecule has 0 N–H and O–H groups in total. The van der Waals surface area contributed by atoms with E-state index < -0.39 is 0 Å². The molecule has 1 aliphatic rings. The van der Waals surface area contributed by atoms with Gasteiger partial charge in [0.15, 0.2) is 0 Å². The van der Waals surface area contributed by atoms with Crippen LogP contribution >= 0.6 is 11.6 Å². The van der Waals surface area contributed by atoms with Gasteiger partial charge in [0.1, 0.15) is 5.82 Å². The summed E-state index contributed by atoms with van der Waals surface area (Å²) in [5, 5.41) is -0.0743. The minimum absolute atomic E-state index is 0.0743. The second-order valence-corrected chi connectivity index (χ2v) is 7.59. The van der Waals surface area contributed by atoms with Crippen LogP contribution in [0, 0.1) is 0 Å². The lowest BCUT2D eigenvalue weighted by molar-refractivity contribution is 0.180. The molecular weight excluding hydrogens is 330 g/mol. The third-order valence-electron chi connectivity index (χ3n) is 5.15. The molecule has 2 aromatic carbocycles. The summed E-state index contributed by atoms with van der Waals surface area (Å²) in [6.07, 6.45) is 2.29. The van der Waals surface area contributed by atoms with E-state index in [1.54, 1.807) is 0 Å². The zero-order valence-electron chi connectivity index (χ0n) is 14.6. The fourth-order valence-electron chi connectivity index (χ4n) is 3.90. The molecule has 0 bridgehead atoms. The Labute approximate surface area is 154 Å². The summed E-state index contributed by atoms with van der Waals surface area (Å²) in [5.41, 5.74) is 3.66.